The molecule has 1 fully saturated rings. The van der Waals surface area contributed by atoms with Gasteiger partial charge in [0.1, 0.15) is 12.1 Å². The third-order valence-electron chi connectivity index (χ3n) is 7.87. The number of nitrogens with zero attached hydrogens (tertiary/aromatic N) is 4. The maximum absolute atomic E-state index is 13.3. The molecule has 37 heavy (non-hydrogen) atoms. The zero-order chi connectivity index (χ0) is 26.1. The van der Waals surface area contributed by atoms with Crippen LogP contribution in [0.2, 0.25) is 0 Å². The largest absolute Gasteiger partial charge is 0.329 e. The number of hydrogen-bond acceptors (Lipinski definition) is 5. The maximum atomic E-state index is 13.3. The van der Waals surface area contributed by atoms with Crippen LogP contribution in [0.1, 0.15) is 24.0 Å². The second kappa shape index (κ2) is 8.05. The second-order valence-electron chi connectivity index (χ2n) is 9.96. The van der Waals surface area contributed by atoms with E-state index < -0.39 is 11.6 Å². The van der Waals surface area contributed by atoms with Gasteiger partial charge in [0.05, 0.1) is 16.7 Å². The van der Waals surface area contributed by atoms with Crippen LogP contribution in [0.4, 0.5) is 16.2 Å². The summed E-state index contributed by atoms with van der Waals surface area (Å²) in [5.74, 6) is -0.696. The number of likely N-dealkylation sites (N-methyl/N-ethyl adjacent to an activating group) is 1. The number of hydrogen-bond donors (Lipinski definition) is 2. The number of para-hydroxylation sites is 1. The molecule has 1 unspecified atom stereocenters. The molecule has 0 saturated carbocycles. The van der Waals surface area contributed by atoms with E-state index in [0.29, 0.717) is 54.6 Å². The Kier molecular flexibility index (Phi) is 5.01. The number of aryl methyl sites for hydroxylation is 1. The molecule has 1 aromatic heterocycles. The number of imidazole rings is 1. The fourth-order valence-electron chi connectivity index (χ4n) is 5.80. The molecule has 3 aliphatic rings. The number of nitrogens with one attached hydrogen (secondary N) is 2. The monoisotopic (exact) mass is 502 g/mol. The SMILES string of the molecule is CN1C(=O)CCCn2c(=O)n(CC(=O)Nc3ccc4c(c3)CC3(C4)C(=O)NC(=O)N3C)c3cccc1c32. The number of fused-ring (bicyclic) bond motifs is 1. The van der Waals surface area contributed by atoms with E-state index in [2.05, 4.69) is 10.6 Å². The highest BCUT2D eigenvalue weighted by atomic mass is 16.2. The Morgan fingerprint density at radius 3 is 2.59 bits per heavy atom. The normalized spacial score (nSPS) is 20.9. The van der Waals surface area contributed by atoms with Crippen LogP contribution < -0.4 is 21.2 Å². The van der Waals surface area contributed by atoms with Crippen molar-refractivity contribution in [1.29, 1.82) is 0 Å². The molecule has 1 atom stereocenters. The molecule has 3 aromatic rings. The summed E-state index contributed by atoms with van der Waals surface area (Å²) in [6.45, 7) is 0.210. The molecule has 0 radical (unpaired) electrons. The van der Waals surface area contributed by atoms with Gasteiger partial charge in [-0.15, -0.1) is 0 Å². The van der Waals surface area contributed by atoms with Gasteiger partial charge >= 0.3 is 11.7 Å². The van der Waals surface area contributed by atoms with E-state index in [9.17, 15) is 24.0 Å². The van der Waals surface area contributed by atoms with Crippen molar-refractivity contribution < 1.29 is 19.2 Å². The molecule has 11 nitrogen and oxygen atoms in total. The van der Waals surface area contributed by atoms with E-state index in [1.807, 2.05) is 12.1 Å². The molecule has 190 valence electrons. The molecule has 1 aliphatic carbocycles. The van der Waals surface area contributed by atoms with Crippen LogP contribution in [-0.4, -0.2) is 57.4 Å². The van der Waals surface area contributed by atoms with Gasteiger partial charge in [0.15, 0.2) is 0 Å². The van der Waals surface area contributed by atoms with E-state index in [-0.39, 0.29) is 30.0 Å². The molecule has 11 heteroatoms. The molecule has 5 amide bonds. The number of rotatable bonds is 3. The Bertz CT molecular complexity index is 1590. The van der Waals surface area contributed by atoms with Gasteiger partial charge in [-0.1, -0.05) is 12.1 Å². The summed E-state index contributed by atoms with van der Waals surface area (Å²) in [5.41, 5.74) is 3.04. The summed E-state index contributed by atoms with van der Waals surface area (Å²) in [6, 6.07) is 10.4. The van der Waals surface area contributed by atoms with Crippen molar-refractivity contribution in [2.24, 2.45) is 0 Å². The van der Waals surface area contributed by atoms with Gasteiger partial charge in [-0.3, -0.25) is 28.8 Å². The second-order valence-corrected chi connectivity index (χ2v) is 9.96. The van der Waals surface area contributed by atoms with Gasteiger partial charge in [0, 0.05) is 45.6 Å². The molecule has 2 aromatic carbocycles. The lowest BCUT2D eigenvalue weighted by atomic mass is 9.95. The number of imide groups is 1. The number of carbonyl (C=O) groups is 4. The Morgan fingerprint density at radius 2 is 1.84 bits per heavy atom. The predicted molar refractivity (Wildman–Crippen MR) is 135 cm³/mol. The number of anilines is 2. The van der Waals surface area contributed by atoms with Crippen molar-refractivity contribution in [1.82, 2.24) is 19.4 Å². The van der Waals surface area contributed by atoms with Crippen molar-refractivity contribution in [3.8, 4) is 0 Å². The average Bonchev–Trinajstić information content (AvgIpc) is 3.45. The number of urea groups is 1. The molecule has 1 saturated heterocycles. The molecule has 2 N–H and O–H groups in total. The van der Waals surface area contributed by atoms with E-state index in [4.69, 9.17) is 0 Å². The number of benzene rings is 2. The van der Waals surface area contributed by atoms with Crippen LogP contribution in [0, 0.1) is 0 Å². The minimum atomic E-state index is -0.937. The van der Waals surface area contributed by atoms with Gasteiger partial charge in [0.25, 0.3) is 5.91 Å². The molecule has 1 spiro atoms. The first-order chi connectivity index (χ1) is 17.7. The lowest BCUT2D eigenvalue weighted by Crippen LogP contribution is -2.48. The topological polar surface area (TPSA) is 126 Å². The summed E-state index contributed by atoms with van der Waals surface area (Å²) in [6.07, 6.45) is 1.66. The third kappa shape index (κ3) is 3.37. The maximum Gasteiger partial charge on any atom is 0.329 e. The number of aromatic nitrogens is 2. The van der Waals surface area contributed by atoms with Gasteiger partial charge in [-0.05, 0) is 41.8 Å². The van der Waals surface area contributed by atoms with E-state index in [1.54, 1.807) is 47.8 Å². The van der Waals surface area contributed by atoms with Crippen LogP contribution >= 0.6 is 0 Å². The lowest BCUT2D eigenvalue weighted by molar-refractivity contribution is -0.126. The fourth-order valence-corrected chi connectivity index (χ4v) is 5.80. The van der Waals surface area contributed by atoms with Crippen LogP contribution in [0.25, 0.3) is 11.0 Å². The zero-order valence-electron chi connectivity index (χ0n) is 20.5. The highest BCUT2D eigenvalue weighted by Crippen LogP contribution is 2.38. The summed E-state index contributed by atoms with van der Waals surface area (Å²) < 4.78 is 3.07. The molecule has 6 rings (SSSR count). The van der Waals surface area contributed by atoms with Crippen molar-refractivity contribution in [3.05, 3.63) is 58.0 Å². The zero-order valence-corrected chi connectivity index (χ0v) is 20.5. The number of carbonyl (C=O) groups excluding carboxylic acids is 4. The van der Waals surface area contributed by atoms with Gasteiger partial charge in [-0.2, -0.15) is 0 Å². The molecule has 2 aliphatic heterocycles. The van der Waals surface area contributed by atoms with Crippen molar-refractivity contribution in [3.63, 3.8) is 0 Å². The van der Waals surface area contributed by atoms with Gasteiger partial charge < -0.3 is 15.1 Å². The Hall–Kier alpha value is -4.41. The minimum Gasteiger partial charge on any atom is -0.325 e. The molecular formula is C26H26N6O5. The van der Waals surface area contributed by atoms with Gasteiger partial charge in [0.2, 0.25) is 11.8 Å². The molecule has 0 bridgehead atoms. The summed E-state index contributed by atoms with van der Waals surface area (Å²) in [4.78, 5) is 66.4. The summed E-state index contributed by atoms with van der Waals surface area (Å²) >= 11 is 0. The molecular weight excluding hydrogens is 476 g/mol. The highest BCUT2D eigenvalue weighted by Gasteiger charge is 2.54. The quantitative estimate of drug-likeness (QED) is 0.521. The van der Waals surface area contributed by atoms with Crippen molar-refractivity contribution in [2.75, 3.05) is 24.3 Å². The first-order valence-corrected chi connectivity index (χ1v) is 12.2. The predicted octanol–water partition coefficient (Wildman–Crippen LogP) is 1.22. The summed E-state index contributed by atoms with van der Waals surface area (Å²) in [5, 5.41) is 5.25. The first-order valence-electron chi connectivity index (χ1n) is 12.2. The van der Waals surface area contributed by atoms with Crippen LogP contribution in [-0.2, 0) is 40.3 Å². The first kappa shape index (κ1) is 23.0. The standard InChI is InChI=1S/C26H26N6O5/c1-29-18-5-3-6-19-22(18)31(10-4-7-21(29)34)25(37)32(19)14-20(33)27-17-9-8-15-12-26(13-16(15)11-17)23(35)28-24(36)30(26)2/h3,5-6,8-9,11H,4,7,10,12-14H2,1-2H3,(H,27,33)(H,28,35,36). The van der Waals surface area contributed by atoms with Crippen LogP contribution in [0.15, 0.2) is 41.2 Å². The number of amides is 5. The lowest BCUT2D eigenvalue weighted by Gasteiger charge is -2.27. The van der Waals surface area contributed by atoms with Crippen LogP contribution in [0.3, 0.4) is 0 Å². The molecule has 3 heterocycles. The smallest absolute Gasteiger partial charge is 0.325 e. The Morgan fingerprint density at radius 1 is 1.05 bits per heavy atom. The summed E-state index contributed by atoms with van der Waals surface area (Å²) in [7, 11) is 3.31. The van der Waals surface area contributed by atoms with E-state index in [1.165, 1.54) is 9.47 Å². The fraction of sp³-hybridized carbons (Fsp3) is 0.346. The van der Waals surface area contributed by atoms with Crippen molar-refractivity contribution in [2.45, 2.75) is 44.3 Å². The minimum absolute atomic E-state index is 0.0132. The Labute approximate surface area is 211 Å². The van der Waals surface area contributed by atoms with Gasteiger partial charge in [-0.25, -0.2) is 9.59 Å². The Balaban J connectivity index is 1.27. The van der Waals surface area contributed by atoms with Crippen LogP contribution in [0.5, 0.6) is 0 Å². The van der Waals surface area contributed by atoms with Crippen molar-refractivity contribution >= 4 is 46.2 Å². The van der Waals surface area contributed by atoms with E-state index in [0.717, 1.165) is 11.1 Å². The van der Waals surface area contributed by atoms with E-state index >= 15 is 0 Å². The average molecular weight is 503 g/mol. The highest BCUT2D eigenvalue weighted by molar-refractivity contribution is 6.08. The third-order valence-corrected chi connectivity index (χ3v) is 7.87.